The van der Waals surface area contributed by atoms with Gasteiger partial charge in [-0.15, -0.1) is 0 Å². The number of allylic oxidation sites excluding steroid dienone is 1. The van der Waals surface area contributed by atoms with E-state index in [1.165, 1.54) is 5.56 Å². The Morgan fingerprint density at radius 2 is 1.95 bits per heavy atom. The number of benzene rings is 1. The highest BCUT2D eigenvalue weighted by molar-refractivity contribution is 5.95. The maximum Gasteiger partial charge on any atom is 0.342 e. The first-order valence-corrected chi connectivity index (χ1v) is 7.35. The summed E-state index contributed by atoms with van der Waals surface area (Å²) in [6.45, 7) is 6.90. The predicted octanol–water partition coefficient (Wildman–Crippen LogP) is 3.48. The summed E-state index contributed by atoms with van der Waals surface area (Å²) in [6, 6.07) is 2.13. The first-order valence-electron chi connectivity index (χ1n) is 7.35. The topological polar surface area (TPSA) is 35.5 Å². The van der Waals surface area contributed by atoms with Crippen molar-refractivity contribution in [2.24, 2.45) is 0 Å². The van der Waals surface area contributed by atoms with Crippen molar-refractivity contribution in [3.8, 4) is 5.75 Å². The van der Waals surface area contributed by atoms with Gasteiger partial charge in [-0.25, -0.2) is 4.79 Å². The van der Waals surface area contributed by atoms with Crippen LogP contribution in [0.1, 0.15) is 47.8 Å². The molecule has 1 aromatic carbocycles. The molecule has 0 fully saturated rings. The van der Waals surface area contributed by atoms with E-state index in [-0.39, 0.29) is 5.97 Å². The molecule has 0 unspecified atom stereocenters. The number of carbonyl (C=O) groups is 1. The minimum atomic E-state index is -0.273. The third-order valence-corrected chi connectivity index (χ3v) is 3.61. The van der Waals surface area contributed by atoms with Crippen molar-refractivity contribution in [1.82, 2.24) is 0 Å². The zero-order valence-corrected chi connectivity index (χ0v) is 12.5. The molecular weight excluding hydrogens is 252 g/mol. The van der Waals surface area contributed by atoms with E-state index in [4.69, 9.17) is 9.47 Å². The van der Waals surface area contributed by atoms with Crippen LogP contribution in [0.4, 0.5) is 0 Å². The lowest BCUT2D eigenvalue weighted by Gasteiger charge is -2.19. The van der Waals surface area contributed by atoms with Gasteiger partial charge >= 0.3 is 5.97 Å². The van der Waals surface area contributed by atoms with Crippen LogP contribution in [0.25, 0.3) is 0 Å². The number of hydrogen-bond donors (Lipinski definition) is 0. The van der Waals surface area contributed by atoms with Crippen molar-refractivity contribution < 1.29 is 14.3 Å². The van der Waals surface area contributed by atoms with Crippen LogP contribution in [0.5, 0.6) is 5.75 Å². The smallest absolute Gasteiger partial charge is 0.342 e. The van der Waals surface area contributed by atoms with E-state index < -0.39 is 0 Å². The fourth-order valence-corrected chi connectivity index (χ4v) is 2.62. The van der Waals surface area contributed by atoms with E-state index in [2.05, 4.69) is 26.0 Å². The molecule has 108 valence electrons. The van der Waals surface area contributed by atoms with Gasteiger partial charge in [0.25, 0.3) is 0 Å². The Labute approximate surface area is 120 Å². The van der Waals surface area contributed by atoms with Gasteiger partial charge in [0.05, 0.1) is 6.61 Å². The van der Waals surface area contributed by atoms with Crippen LogP contribution in [0.3, 0.4) is 0 Å². The summed E-state index contributed by atoms with van der Waals surface area (Å²) in [5, 5.41) is 0. The average molecular weight is 274 g/mol. The van der Waals surface area contributed by atoms with Gasteiger partial charge < -0.3 is 9.47 Å². The molecule has 20 heavy (non-hydrogen) atoms. The Hall–Kier alpha value is -1.77. The molecule has 2 rings (SSSR count). The summed E-state index contributed by atoms with van der Waals surface area (Å²) in [5.41, 5.74) is 4.02. The largest absolute Gasteiger partial charge is 0.488 e. The van der Waals surface area contributed by atoms with Crippen molar-refractivity contribution in [1.29, 1.82) is 0 Å². The number of aryl methyl sites for hydroxylation is 2. The van der Waals surface area contributed by atoms with Crippen LogP contribution in [0.2, 0.25) is 0 Å². The van der Waals surface area contributed by atoms with E-state index in [0.29, 0.717) is 18.8 Å². The summed E-state index contributed by atoms with van der Waals surface area (Å²) >= 11 is 0. The average Bonchev–Trinajstić information content (AvgIpc) is 2.71. The lowest BCUT2D eigenvalue weighted by atomic mass is 9.92. The number of rotatable bonds is 4. The molecule has 0 spiro atoms. The molecule has 0 amide bonds. The highest BCUT2D eigenvalue weighted by atomic mass is 16.5. The van der Waals surface area contributed by atoms with E-state index in [0.717, 1.165) is 36.1 Å². The first kappa shape index (κ1) is 14.6. The Bertz CT molecular complexity index is 530. The summed E-state index contributed by atoms with van der Waals surface area (Å²) in [7, 11) is 0. The third-order valence-electron chi connectivity index (χ3n) is 3.61. The number of hydrogen-bond acceptors (Lipinski definition) is 3. The maximum absolute atomic E-state index is 12.3. The molecule has 1 aliphatic heterocycles. The summed E-state index contributed by atoms with van der Waals surface area (Å²) in [4.78, 5) is 12.3. The lowest BCUT2D eigenvalue weighted by Crippen LogP contribution is -2.13. The van der Waals surface area contributed by atoms with Crippen LogP contribution in [0.15, 0.2) is 18.2 Å². The minimum absolute atomic E-state index is 0.273. The normalized spacial score (nSPS) is 13.3. The third kappa shape index (κ3) is 2.72. The monoisotopic (exact) mass is 274 g/mol. The summed E-state index contributed by atoms with van der Waals surface area (Å²) < 4.78 is 11.1. The fraction of sp³-hybridized carbons (Fsp3) is 0.471. The number of esters is 1. The highest BCUT2D eigenvalue weighted by Crippen LogP contribution is 2.34. The first-order chi connectivity index (χ1) is 9.72. The second-order valence-electron chi connectivity index (χ2n) is 4.79. The van der Waals surface area contributed by atoms with Gasteiger partial charge in [-0.3, -0.25) is 0 Å². The Morgan fingerprint density at radius 1 is 1.20 bits per heavy atom. The zero-order chi connectivity index (χ0) is 14.5. The maximum atomic E-state index is 12.3. The fourth-order valence-electron chi connectivity index (χ4n) is 2.62. The second-order valence-corrected chi connectivity index (χ2v) is 4.79. The molecule has 1 heterocycles. The lowest BCUT2D eigenvalue weighted by molar-refractivity contribution is 0.0520. The quantitative estimate of drug-likeness (QED) is 0.623. The Balaban J connectivity index is 2.62. The molecule has 0 aliphatic carbocycles. The molecule has 0 radical (unpaired) electrons. The van der Waals surface area contributed by atoms with Crippen LogP contribution < -0.4 is 4.74 Å². The van der Waals surface area contributed by atoms with Crippen LogP contribution >= 0.6 is 0 Å². The molecule has 1 aliphatic rings. The summed E-state index contributed by atoms with van der Waals surface area (Å²) in [6.07, 6.45) is 6.65. The van der Waals surface area contributed by atoms with Crippen molar-refractivity contribution in [3.63, 3.8) is 0 Å². The van der Waals surface area contributed by atoms with E-state index in [1.54, 1.807) is 0 Å². The van der Waals surface area contributed by atoms with E-state index in [1.807, 2.05) is 13.0 Å². The molecule has 0 aromatic heterocycles. The minimum Gasteiger partial charge on any atom is -0.488 e. The second kappa shape index (κ2) is 6.60. The molecule has 0 saturated heterocycles. The Morgan fingerprint density at radius 3 is 2.60 bits per heavy atom. The zero-order valence-electron chi connectivity index (χ0n) is 12.5. The van der Waals surface area contributed by atoms with Crippen LogP contribution in [-0.4, -0.2) is 19.2 Å². The molecule has 0 N–H and O–H groups in total. The summed E-state index contributed by atoms with van der Waals surface area (Å²) in [5.74, 6) is 0.454. The molecule has 3 nitrogen and oxygen atoms in total. The van der Waals surface area contributed by atoms with Gasteiger partial charge in [0.15, 0.2) is 0 Å². The van der Waals surface area contributed by atoms with E-state index in [9.17, 15) is 4.79 Å². The van der Waals surface area contributed by atoms with Gasteiger partial charge in [0.1, 0.15) is 17.9 Å². The van der Waals surface area contributed by atoms with Crippen molar-refractivity contribution in [2.75, 3.05) is 13.2 Å². The predicted molar refractivity (Wildman–Crippen MR) is 79.5 cm³/mol. The molecule has 1 aromatic rings. The number of ether oxygens (including phenoxy) is 2. The SMILES string of the molecule is CCOC(=O)c1c(CC)cc(CC)c2c1OCC=CC2. The van der Waals surface area contributed by atoms with Crippen molar-refractivity contribution in [3.05, 3.63) is 40.5 Å². The van der Waals surface area contributed by atoms with Crippen LogP contribution in [-0.2, 0) is 24.0 Å². The van der Waals surface area contributed by atoms with Gasteiger partial charge in [0, 0.05) is 5.56 Å². The number of fused-ring (bicyclic) bond motifs is 1. The standard InChI is InChI=1S/C17H22O3/c1-4-12-11-13(5-2)15(17(18)19-6-3)16-14(12)9-7-8-10-20-16/h7-8,11H,4-6,9-10H2,1-3H3. The molecule has 0 saturated carbocycles. The molecule has 3 heteroatoms. The molecular formula is C17H22O3. The van der Waals surface area contributed by atoms with Gasteiger partial charge in [-0.2, -0.15) is 0 Å². The van der Waals surface area contributed by atoms with Crippen LogP contribution in [0, 0.1) is 0 Å². The van der Waals surface area contributed by atoms with Crippen molar-refractivity contribution >= 4 is 5.97 Å². The van der Waals surface area contributed by atoms with Gasteiger partial charge in [-0.1, -0.05) is 32.1 Å². The highest BCUT2D eigenvalue weighted by Gasteiger charge is 2.24. The van der Waals surface area contributed by atoms with Gasteiger partial charge in [-0.05, 0) is 37.3 Å². The molecule has 0 atom stereocenters. The van der Waals surface area contributed by atoms with Crippen molar-refractivity contribution in [2.45, 2.75) is 40.0 Å². The van der Waals surface area contributed by atoms with Gasteiger partial charge in [0.2, 0.25) is 0 Å². The number of carbonyl (C=O) groups excluding carboxylic acids is 1. The van der Waals surface area contributed by atoms with E-state index >= 15 is 0 Å². The molecule has 0 bridgehead atoms. The Kier molecular flexibility index (Phi) is 4.83.